The number of methoxy groups -OCH3 is 1. The van der Waals surface area contributed by atoms with Gasteiger partial charge in [-0.3, -0.25) is 4.79 Å². The number of allylic oxidation sites excluding steroid dienone is 2. The molecule has 2 aromatic carbocycles. The molecule has 142 valence electrons. The summed E-state index contributed by atoms with van der Waals surface area (Å²) < 4.78 is 5.32. The number of carbonyl (C=O) groups is 1. The second kappa shape index (κ2) is 7.40. The second-order valence-corrected chi connectivity index (χ2v) is 8.24. The number of halogens is 1. The van der Waals surface area contributed by atoms with Crippen molar-refractivity contribution in [2.45, 2.75) is 40.0 Å². The number of ether oxygens (including phenoxy) is 1. The zero-order valence-corrected chi connectivity index (χ0v) is 17.0. The van der Waals surface area contributed by atoms with Crippen molar-refractivity contribution in [2.75, 3.05) is 7.11 Å². The number of rotatable bonds is 4. The van der Waals surface area contributed by atoms with Gasteiger partial charge in [0.1, 0.15) is 11.5 Å². The molecular formula is C23H25ClO3. The van der Waals surface area contributed by atoms with Gasteiger partial charge in [-0.1, -0.05) is 50.6 Å². The molecule has 1 N–H and O–H groups in total. The summed E-state index contributed by atoms with van der Waals surface area (Å²) in [6.45, 7) is 6.07. The lowest BCUT2D eigenvalue weighted by atomic mass is 9.74. The normalized spacial score (nSPS) is 16.6. The molecule has 0 atom stereocenters. The van der Waals surface area contributed by atoms with E-state index in [1.54, 1.807) is 13.2 Å². The fourth-order valence-corrected chi connectivity index (χ4v) is 3.92. The Morgan fingerprint density at radius 2 is 1.78 bits per heavy atom. The molecule has 3 rings (SSSR count). The van der Waals surface area contributed by atoms with Gasteiger partial charge in [-0.15, -0.1) is 0 Å². The first-order chi connectivity index (χ1) is 12.8. The highest BCUT2D eigenvalue weighted by molar-refractivity contribution is 6.32. The third kappa shape index (κ3) is 3.89. The van der Waals surface area contributed by atoms with E-state index in [1.165, 1.54) is 0 Å². The number of hydrogen-bond donors (Lipinski definition) is 1. The van der Waals surface area contributed by atoms with Gasteiger partial charge < -0.3 is 9.84 Å². The van der Waals surface area contributed by atoms with Gasteiger partial charge in [0.25, 0.3) is 0 Å². The predicted molar refractivity (Wildman–Crippen MR) is 110 cm³/mol. The second-order valence-electron chi connectivity index (χ2n) is 7.84. The number of aryl methyl sites for hydroxylation is 1. The molecule has 27 heavy (non-hydrogen) atoms. The Hall–Kier alpha value is -2.26. The molecule has 4 heteroatoms. The lowest BCUT2D eigenvalue weighted by Gasteiger charge is -2.30. The Kier molecular flexibility index (Phi) is 5.34. The van der Waals surface area contributed by atoms with Crippen LogP contribution in [-0.4, -0.2) is 18.0 Å². The summed E-state index contributed by atoms with van der Waals surface area (Å²) in [7, 11) is 1.59. The molecule has 1 aliphatic carbocycles. The van der Waals surface area contributed by atoms with Crippen LogP contribution in [0.1, 0.15) is 44.7 Å². The number of ketones is 1. The zero-order chi connectivity index (χ0) is 19.8. The maximum Gasteiger partial charge on any atom is 0.167 e. The number of aliphatic hydroxyl groups excluding tert-OH is 1. The first-order valence-corrected chi connectivity index (χ1v) is 9.56. The van der Waals surface area contributed by atoms with Gasteiger partial charge in [-0.05, 0) is 52.3 Å². The summed E-state index contributed by atoms with van der Waals surface area (Å²) in [6.07, 6.45) is 1.73. The van der Waals surface area contributed by atoms with Gasteiger partial charge in [0.2, 0.25) is 0 Å². The molecule has 2 aromatic rings. The molecule has 0 bridgehead atoms. The van der Waals surface area contributed by atoms with E-state index < -0.39 is 0 Å². The Balaban J connectivity index is 2.14. The molecule has 0 saturated carbocycles. The Morgan fingerprint density at radius 3 is 2.41 bits per heavy atom. The van der Waals surface area contributed by atoms with Gasteiger partial charge >= 0.3 is 0 Å². The topological polar surface area (TPSA) is 46.5 Å². The fourth-order valence-electron chi connectivity index (χ4n) is 3.73. The Morgan fingerprint density at radius 1 is 1.11 bits per heavy atom. The van der Waals surface area contributed by atoms with E-state index in [1.807, 2.05) is 44.2 Å². The number of benzene rings is 2. The highest BCUT2D eigenvalue weighted by Gasteiger charge is 2.34. The number of carbonyl (C=O) groups excluding carboxylic acids is 1. The average Bonchev–Trinajstić information content (AvgIpc) is 2.60. The van der Waals surface area contributed by atoms with Crippen LogP contribution in [0.3, 0.4) is 0 Å². The number of aliphatic hydroxyl groups is 1. The third-order valence-electron chi connectivity index (χ3n) is 5.10. The van der Waals surface area contributed by atoms with E-state index in [9.17, 15) is 9.90 Å². The molecule has 0 saturated heterocycles. The van der Waals surface area contributed by atoms with Crippen molar-refractivity contribution in [1.82, 2.24) is 0 Å². The number of Topliss-reactive ketones (excluding diaryl/α,β-unsaturated/α-hetero) is 1. The summed E-state index contributed by atoms with van der Waals surface area (Å²) in [5, 5.41) is 11.2. The Labute approximate surface area is 165 Å². The zero-order valence-electron chi connectivity index (χ0n) is 16.2. The summed E-state index contributed by atoms with van der Waals surface area (Å²) in [5.74, 6) is 0.800. The van der Waals surface area contributed by atoms with E-state index in [4.69, 9.17) is 16.3 Å². The largest absolute Gasteiger partial charge is 0.512 e. The minimum Gasteiger partial charge on any atom is -0.512 e. The summed E-state index contributed by atoms with van der Waals surface area (Å²) in [6, 6.07) is 11.7. The third-order valence-corrected chi connectivity index (χ3v) is 5.41. The van der Waals surface area contributed by atoms with Gasteiger partial charge in [-0.2, -0.15) is 0 Å². The van der Waals surface area contributed by atoms with Crippen LogP contribution in [0.15, 0.2) is 42.2 Å². The molecule has 0 aromatic heterocycles. The van der Waals surface area contributed by atoms with Gasteiger partial charge in [-0.25, -0.2) is 0 Å². The van der Waals surface area contributed by atoms with E-state index in [2.05, 4.69) is 6.92 Å². The van der Waals surface area contributed by atoms with E-state index in [0.29, 0.717) is 29.2 Å². The predicted octanol–water partition coefficient (Wildman–Crippen LogP) is 6.24. The quantitative estimate of drug-likeness (QED) is 0.678. The van der Waals surface area contributed by atoms with Crippen molar-refractivity contribution in [3.8, 4) is 16.9 Å². The lowest BCUT2D eigenvalue weighted by molar-refractivity contribution is -0.116. The van der Waals surface area contributed by atoms with Crippen LogP contribution < -0.4 is 4.74 Å². The maximum absolute atomic E-state index is 12.8. The number of hydrogen-bond acceptors (Lipinski definition) is 3. The van der Waals surface area contributed by atoms with E-state index in [-0.39, 0.29) is 17.0 Å². The molecule has 0 unspecified atom stereocenters. The maximum atomic E-state index is 12.8. The van der Waals surface area contributed by atoms with Crippen LogP contribution in [0, 0.1) is 5.41 Å². The summed E-state index contributed by atoms with van der Waals surface area (Å²) in [5.41, 5.74) is 4.03. The van der Waals surface area contributed by atoms with Crippen LogP contribution in [0.5, 0.6) is 5.75 Å². The molecule has 0 amide bonds. The highest BCUT2D eigenvalue weighted by Crippen LogP contribution is 2.41. The van der Waals surface area contributed by atoms with Gasteiger partial charge in [0.05, 0.1) is 17.7 Å². The Bertz CT molecular complexity index is 925. The molecule has 0 spiro atoms. The fraction of sp³-hybridized carbons (Fsp3) is 0.348. The summed E-state index contributed by atoms with van der Waals surface area (Å²) in [4.78, 5) is 12.8. The van der Waals surface area contributed by atoms with Crippen LogP contribution in [0.25, 0.3) is 16.7 Å². The standard InChI is InChI=1S/C23H25ClO3/c1-5-14-6-7-15(16-8-9-18(24)21(11-16)27-4)10-17(14)22-19(25)12-23(2,3)13-20(22)26/h6-11,25H,5,12-13H2,1-4H3. The van der Waals surface area contributed by atoms with Crippen LogP contribution in [0.2, 0.25) is 5.02 Å². The van der Waals surface area contributed by atoms with Crippen LogP contribution in [-0.2, 0) is 11.2 Å². The van der Waals surface area contributed by atoms with Crippen LogP contribution in [0.4, 0.5) is 0 Å². The molecule has 1 aliphatic rings. The van der Waals surface area contributed by atoms with E-state index in [0.717, 1.165) is 28.7 Å². The molecule has 0 aliphatic heterocycles. The van der Waals surface area contributed by atoms with Gasteiger partial charge in [0, 0.05) is 12.8 Å². The van der Waals surface area contributed by atoms with Crippen molar-refractivity contribution in [3.63, 3.8) is 0 Å². The molecule has 0 radical (unpaired) electrons. The smallest absolute Gasteiger partial charge is 0.167 e. The van der Waals surface area contributed by atoms with Gasteiger partial charge in [0.15, 0.2) is 5.78 Å². The van der Waals surface area contributed by atoms with Crippen molar-refractivity contribution >= 4 is 23.0 Å². The molecule has 0 heterocycles. The van der Waals surface area contributed by atoms with E-state index >= 15 is 0 Å². The molecule has 3 nitrogen and oxygen atoms in total. The minimum absolute atomic E-state index is 0.00397. The van der Waals surface area contributed by atoms with Crippen molar-refractivity contribution in [2.24, 2.45) is 5.41 Å². The van der Waals surface area contributed by atoms with Crippen molar-refractivity contribution in [1.29, 1.82) is 0 Å². The monoisotopic (exact) mass is 384 g/mol. The van der Waals surface area contributed by atoms with Crippen molar-refractivity contribution in [3.05, 3.63) is 58.3 Å². The molecular weight excluding hydrogens is 360 g/mol. The first kappa shape index (κ1) is 19.5. The van der Waals surface area contributed by atoms with Crippen LogP contribution >= 0.6 is 11.6 Å². The minimum atomic E-state index is -0.210. The summed E-state index contributed by atoms with van der Waals surface area (Å²) >= 11 is 6.14. The lowest BCUT2D eigenvalue weighted by Crippen LogP contribution is -2.25. The molecule has 0 fully saturated rings. The average molecular weight is 385 g/mol. The first-order valence-electron chi connectivity index (χ1n) is 9.18. The van der Waals surface area contributed by atoms with Crippen molar-refractivity contribution < 1.29 is 14.6 Å². The SMILES string of the molecule is CCc1ccc(-c2ccc(Cl)c(OC)c2)cc1C1=C(O)CC(C)(C)CC1=O. The highest BCUT2D eigenvalue weighted by atomic mass is 35.5.